The molecule has 1 aromatic rings. The number of nitrogens with zero attached hydrogens (tertiary/aromatic N) is 2. The lowest BCUT2D eigenvalue weighted by molar-refractivity contribution is -0.125. The molecule has 3 rings (SSSR count). The lowest BCUT2D eigenvalue weighted by Crippen LogP contribution is -2.30. The van der Waals surface area contributed by atoms with Gasteiger partial charge in [0.2, 0.25) is 11.8 Å². The summed E-state index contributed by atoms with van der Waals surface area (Å²) >= 11 is 0. The molecule has 1 saturated heterocycles. The van der Waals surface area contributed by atoms with Gasteiger partial charge in [-0.15, -0.1) is 0 Å². The lowest BCUT2D eigenvalue weighted by atomic mass is 9.97. The second kappa shape index (κ2) is 8.19. The first-order valence-corrected chi connectivity index (χ1v) is 9.77. The van der Waals surface area contributed by atoms with Crippen molar-refractivity contribution in [3.05, 3.63) is 46.5 Å². The zero-order valence-corrected chi connectivity index (χ0v) is 17.2. The van der Waals surface area contributed by atoms with Gasteiger partial charge in [-0.25, -0.2) is 0 Å². The van der Waals surface area contributed by atoms with E-state index in [4.69, 9.17) is 5.73 Å². The Morgan fingerprint density at radius 2 is 2.07 bits per heavy atom. The fourth-order valence-corrected chi connectivity index (χ4v) is 3.99. The zero-order chi connectivity index (χ0) is 20.4. The summed E-state index contributed by atoms with van der Waals surface area (Å²) in [7, 11) is 3.95. The number of likely N-dealkylation sites (N-methyl/N-ethyl adjacent to an activating group) is 1. The van der Waals surface area contributed by atoms with Crippen LogP contribution in [0.15, 0.2) is 29.9 Å². The van der Waals surface area contributed by atoms with Gasteiger partial charge in [-0.1, -0.05) is 11.6 Å². The van der Waals surface area contributed by atoms with Gasteiger partial charge in [0.25, 0.3) is 0 Å². The first-order valence-electron chi connectivity index (χ1n) is 9.77. The highest BCUT2D eigenvalue weighted by Gasteiger charge is 2.28. The van der Waals surface area contributed by atoms with E-state index in [0.29, 0.717) is 12.1 Å². The molecular formula is C22H30N4O2. The summed E-state index contributed by atoms with van der Waals surface area (Å²) in [6.45, 7) is 6.37. The molecular weight excluding hydrogens is 352 g/mol. The van der Waals surface area contributed by atoms with E-state index in [1.54, 1.807) is 6.08 Å². The zero-order valence-electron chi connectivity index (χ0n) is 17.2. The maximum absolute atomic E-state index is 12.4. The number of rotatable bonds is 6. The van der Waals surface area contributed by atoms with Crippen LogP contribution in [-0.4, -0.2) is 61.4 Å². The predicted octanol–water partition coefficient (Wildman–Crippen LogP) is 2.27. The van der Waals surface area contributed by atoms with E-state index in [2.05, 4.69) is 19.2 Å². The van der Waals surface area contributed by atoms with Gasteiger partial charge in [-0.05, 0) is 64.1 Å². The van der Waals surface area contributed by atoms with Crippen molar-refractivity contribution in [1.29, 1.82) is 0 Å². The summed E-state index contributed by atoms with van der Waals surface area (Å²) in [5, 5.41) is 3.61. The largest absolute Gasteiger partial charge is 0.380 e. The van der Waals surface area contributed by atoms with Crippen LogP contribution in [0.4, 0.5) is 5.69 Å². The molecule has 0 saturated carbocycles. The molecule has 1 aliphatic carbocycles. The van der Waals surface area contributed by atoms with E-state index in [9.17, 15) is 9.59 Å². The summed E-state index contributed by atoms with van der Waals surface area (Å²) in [6.07, 6.45) is 5.23. The van der Waals surface area contributed by atoms with Crippen LogP contribution < -0.4 is 11.1 Å². The third kappa shape index (κ3) is 4.12. The Bertz CT molecular complexity index is 854. The fraction of sp³-hybridized carbons (Fsp3) is 0.455. The summed E-state index contributed by atoms with van der Waals surface area (Å²) in [4.78, 5) is 28.1. The number of nitrogens with two attached hydrogens (primary N) is 1. The van der Waals surface area contributed by atoms with Gasteiger partial charge in [0.1, 0.15) is 0 Å². The van der Waals surface area contributed by atoms with E-state index >= 15 is 0 Å². The van der Waals surface area contributed by atoms with Gasteiger partial charge in [0.15, 0.2) is 0 Å². The molecule has 2 aliphatic rings. The van der Waals surface area contributed by atoms with Crippen molar-refractivity contribution in [3.8, 4) is 0 Å². The first-order chi connectivity index (χ1) is 13.3. The third-order valence-corrected chi connectivity index (χ3v) is 5.63. The van der Waals surface area contributed by atoms with Crippen LogP contribution in [0, 0.1) is 0 Å². The average Bonchev–Trinajstić information content (AvgIpc) is 3.20. The smallest absolute Gasteiger partial charge is 0.249 e. The molecule has 0 bridgehead atoms. The summed E-state index contributed by atoms with van der Waals surface area (Å²) in [5.41, 5.74) is 11.8. The Morgan fingerprint density at radius 3 is 2.75 bits per heavy atom. The highest BCUT2D eigenvalue weighted by molar-refractivity contribution is 5.99. The van der Waals surface area contributed by atoms with E-state index in [-0.39, 0.29) is 17.9 Å². The number of carbonyl (C=O) groups is 2. The molecule has 0 spiro atoms. The predicted molar refractivity (Wildman–Crippen MR) is 113 cm³/mol. The fourth-order valence-electron chi connectivity index (χ4n) is 3.99. The molecule has 0 radical (unpaired) electrons. The van der Waals surface area contributed by atoms with Gasteiger partial charge >= 0.3 is 0 Å². The second-order valence-corrected chi connectivity index (χ2v) is 8.04. The number of nitrogens with one attached hydrogen (secondary N) is 1. The highest BCUT2D eigenvalue weighted by atomic mass is 16.2. The van der Waals surface area contributed by atoms with Crippen molar-refractivity contribution in [2.45, 2.75) is 32.7 Å². The van der Waals surface area contributed by atoms with E-state index in [0.717, 1.165) is 42.7 Å². The van der Waals surface area contributed by atoms with Crippen LogP contribution in [0.2, 0.25) is 0 Å². The number of hydrogen-bond donors (Lipinski definition) is 2. The van der Waals surface area contributed by atoms with Gasteiger partial charge in [-0.3, -0.25) is 9.59 Å². The summed E-state index contributed by atoms with van der Waals surface area (Å²) in [5.74, 6) is -0.320. The molecule has 150 valence electrons. The SMILES string of the molecule is CC1=C(C)c2c(N[C@H]3CCN(C(=O)/C=C/CN(C)C)C3)ccc(C(N)=O)c2C1. The molecule has 1 aromatic carbocycles. The number of fused-ring (bicyclic) bond motifs is 1. The summed E-state index contributed by atoms with van der Waals surface area (Å²) < 4.78 is 0. The number of likely N-dealkylation sites (tertiary alicyclic amines) is 1. The molecule has 2 amide bonds. The minimum atomic E-state index is -0.382. The third-order valence-electron chi connectivity index (χ3n) is 5.63. The van der Waals surface area contributed by atoms with Gasteiger partial charge in [0.05, 0.1) is 0 Å². The minimum absolute atomic E-state index is 0.0624. The number of allylic oxidation sites excluding steroid dienone is 2. The van der Waals surface area contributed by atoms with E-state index < -0.39 is 0 Å². The molecule has 6 heteroatoms. The molecule has 1 aliphatic heterocycles. The Labute approximate surface area is 167 Å². The molecule has 1 fully saturated rings. The van der Waals surface area contributed by atoms with Crippen molar-refractivity contribution in [2.75, 3.05) is 39.0 Å². The van der Waals surface area contributed by atoms with Gasteiger partial charge < -0.3 is 20.9 Å². The molecule has 0 aromatic heterocycles. The van der Waals surface area contributed by atoms with Crippen molar-refractivity contribution in [3.63, 3.8) is 0 Å². The van der Waals surface area contributed by atoms with Crippen LogP contribution in [-0.2, 0) is 11.2 Å². The van der Waals surface area contributed by atoms with Crippen molar-refractivity contribution < 1.29 is 9.59 Å². The Morgan fingerprint density at radius 1 is 1.32 bits per heavy atom. The molecule has 0 unspecified atom stereocenters. The van der Waals surface area contributed by atoms with Crippen molar-refractivity contribution in [2.24, 2.45) is 5.73 Å². The lowest BCUT2D eigenvalue weighted by Gasteiger charge is -2.20. The van der Waals surface area contributed by atoms with Gasteiger partial charge in [0, 0.05) is 48.6 Å². The average molecular weight is 383 g/mol. The molecule has 1 atom stereocenters. The standard InChI is InChI=1S/C22H30N4O2/c1-14-12-18-17(22(23)28)7-8-19(21(18)15(14)2)24-16-9-11-26(13-16)20(27)6-5-10-25(3)4/h5-8,16,24H,9-13H2,1-4H3,(H2,23,28)/b6-5+/t16-/m0/s1. The maximum Gasteiger partial charge on any atom is 0.249 e. The number of anilines is 1. The van der Waals surface area contributed by atoms with E-state index in [1.807, 2.05) is 42.1 Å². The highest BCUT2D eigenvalue weighted by Crippen LogP contribution is 2.39. The Kier molecular flexibility index (Phi) is 5.89. The Hall–Kier alpha value is -2.60. The normalized spacial score (nSPS) is 19.0. The second-order valence-electron chi connectivity index (χ2n) is 8.04. The molecule has 1 heterocycles. The van der Waals surface area contributed by atoms with Crippen LogP contribution in [0.25, 0.3) is 5.57 Å². The number of carbonyl (C=O) groups excluding carboxylic acids is 2. The molecule has 3 N–H and O–H groups in total. The van der Waals surface area contributed by atoms with Crippen molar-refractivity contribution in [1.82, 2.24) is 9.80 Å². The Balaban J connectivity index is 1.72. The number of benzene rings is 1. The van der Waals surface area contributed by atoms with Crippen LogP contribution in [0.3, 0.4) is 0 Å². The molecule has 6 nitrogen and oxygen atoms in total. The topological polar surface area (TPSA) is 78.7 Å². The van der Waals surface area contributed by atoms with Crippen LogP contribution >= 0.6 is 0 Å². The van der Waals surface area contributed by atoms with Gasteiger partial charge in [-0.2, -0.15) is 0 Å². The van der Waals surface area contributed by atoms with E-state index in [1.165, 1.54) is 11.1 Å². The minimum Gasteiger partial charge on any atom is -0.380 e. The number of amides is 2. The molecule has 28 heavy (non-hydrogen) atoms. The van der Waals surface area contributed by atoms with Crippen LogP contribution in [0.5, 0.6) is 0 Å². The summed E-state index contributed by atoms with van der Waals surface area (Å²) in [6, 6.07) is 3.96. The number of primary amides is 1. The number of hydrogen-bond acceptors (Lipinski definition) is 4. The van der Waals surface area contributed by atoms with Crippen LogP contribution in [0.1, 0.15) is 41.8 Å². The first kappa shape index (κ1) is 20.1. The monoisotopic (exact) mass is 382 g/mol. The van der Waals surface area contributed by atoms with Crippen molar-refractivity contribution >= 4 is 23.1 Å². The maximum atomic E-state index is 12.4. The quantitative estimate of drug-likeness (QED) is 0.740.